The molecule has 0 unspecified atom stereocenters. The van der Waals surface area contributed by atoms with Crippen LogP contribution in [0.15, 0.2) is 63.8 Å². The van der Waals surface area contributed by atoms with E-state index in [0.717, 1.165) is 17.7 Å². The van der Waals surface area contributed by atoms with Crippen LogP contribution in [0, 0.1) is 11.3 Å². The van der Waals surface area contributed by atoms with Gasteiger partial charge in [0, 0.05) is 0 Å². The van der Waals surface area contributed by atoms with Crippen LogP contribution in [-0.2, 0) is 6.18 Å². The molecule has 2 aromatic carbocycles. The third-order valence-corrected chi connectivity index (χ3v) is 3.04. The van der Waals surface area contributed by atoms with Crippen LogP contribution in [0.25, 0.3) is 0 Å². The van der Waals surface area contributed by atoms with Gasteiger partial charge in [-0.05, 0) is 35.4 Å². The Kier molecular flexibility index (Phi) is 6.06. The molecule has 0 saturated heterocycles. The van der Waals surface area contributed by atoms with E-state index in [4.69, 9.17) is 11.0 Å². The number of rotatable bonds is 4. The Morgan fingerprint density at radius 2 is 1.58 bits per heavy atom. The van der Waals surface area contributed by atoms with Crippen LogP contribution in [0.5, 0.6) is 0 Å². The molecule has 0 aliphatic heterocycles. The van der Waals surface area contributed by atoms with Gasteiger partial charge in [0.25, 0.3) is 0 Å². The largest absolute Gasteiger partial charge is 0.416 e. The minimum Gasteiger partial charge on any atom is -0.367 e. The molecule has 0 heterocycles. The number of guanidine groups is 1. The number of benzene rings is 2. The SMILES string of the molecule is N#Cc1ccc(C=NNC(N)=NN=Cc2ccc(C(F)(F)F)cc2)cc1. The summed E-state index contributed by atoms with van der Waals surface area (Å²) < 4.78 is 37.3. The van der Waals surface area contributed by atoms with Crippen molar-refractivity contribution < 1.29 is 13.2 Å². The van der Waals surface area contributed by atoms with E-state index in [1.807, 2.05) is 6.07 Å². The number of hydrogen-bond donors (Lipinski definition) is 2. The standard InChI is InChI=1S/C17H13F3N6/c18-17(19,20)15-7-5-14(6-8-15)11-24-26-16(22)25-23-10-13-3-1-12(9-21)2-4-13/h1-8,10-11H,(H3,22,25,26). The first-order chi connectivity index (χ1) is 12.4. The van der Waals surface area contributed by atoms with E-state index >= 15 is 0 Å². The number of nitrogens with one attached hydrogen (secondary N) is 1. The number of nitrogens with zero attached hydrogens (tertiary/aromatic N) is 4. The lowest BCUT2D eigenvalue weighted by molar-refractivity contribution is -0.137. The van der Waals surface area contributed by atoms with E-state index in [1.54, 1.807) is 24.3 Å². The van der Waals surface area contributed by atoms with Crippen molar-refractivity contribution in [3.05, 3.63) is 70.8 Å². The van der Waals surface area contributed by atoms with Crippen molar-refractivity contribution in [2.75, 3.05) is 0 Å². The highest BCUT2D eigenvalue weighted by Crippen LogP contribution is 2.28. The summed E-state index contributed by atoms with van der Waals surface area (Å²) >= 11 is 0. The summed E-state index contributed by atoms with van der Waals surface area (Å²) in [5.41, 5.74) is 8.98. The summed E-state index contributed by atoms with van der Waals surface area (Å²) in [5.74, 6) is -0.0990. The third-order valence-electron chi connectivity index (χ3n) is 3.04. The first-order valence-corrected chi connectivity index (χ1v) is 7.21. The fourth-order valence-electron chi connectivity index (χ4n) is 1.75. The highest BCUT2D eigenvalue weighted by atomic mass is 19.4. The highest BCUT2D eigenvalue weighted by molar-refractivity contribution is 5.84. The minimum absolute atomic E-state index is 0.0990. The molecule has 0 aromatic heterocycles. The maximum absolute atomic E-state index is 12.4. The molecular weight excluding hydrogens is 345 g/mol. The van der Waals surface area contributed by atoms with Gasteiger partial charge in [-0.2, -0.15) is 28.6 Å². The van der Waals surface area contributed by atoms with Gasteiger partial charge in [-0.25, -0.2) is 5.43 Å². The first kappa shape index (κ1) is 18.7. The molecule has 0 radical (unpaired) electrons. The number of hydrazone groups is 1. The smallest absolute Gasteiger partial charge is 0.367 e. The summed E-state index contributed by atoms with van der Waals surface area (Å²) in [7, 11) is 0. The Hall–Kier alpha value is -3.67. The van der Waals surface area contributed by atoms with Crippen LogP contribution in [0.1, 0.15) is 22.3 Å². The zero-order valence-electron chi connectivity index (χ0n) is 13.3. The van der Waals surface area contributed by atoms with Crippen molar-refractivity contribution in [1.82, 2.24) is 5.43 Å². The zero-order chi connectivity index (χ0) is 19.0. The number of halogens is 3. The molecule has 0 aliphatic carbocycles. The lowest BCUT2D eigenvalue weighted by Crippen LogP contribution is -2.26. The molecule has 0 saturated carbocycles. The van der Waals surface area contributed by atoms with Gasteiger partial charge < -0.3 is 5.73 Å². The number of nitriles is 1. The number of nitrogens with two attached hydrogens (primary N) is 1. The monoisotopic (exact) mass is 358 g/mol. The maximum atomic E-state index is 12.4. The van der Waals surface area contributed by atoms with Crippen molar-refractivity contribution in [2.24, 2.45) is 21.0 Å². The molecule has 0 aliphatic rings. The molecule has 6 nitrogen and oxygen atoms in total. The van der Waals surface area contributed by atoms with Crippen LogP contribution in [0.2, 0.25) is 0 Å². The third kappa shape index (κ3) is 5.76. The fourth-order valence-corrected chi connectivity index (χ4v) is 1.75. The van der Waals surface area contributed by atoms with Gasteiger partial charge in [0.1, 0.15) is 0 Å². The lowest BCUT2D eigenvalue weighted by Gasteiger charge is -2.05. The summed E-state index contributed by atoms with van der Waals surface area (Å²) in [6.45, 7) is 0. The Bertz CT molecular complexity index is 859. The lowest BCUT2D eigenvalue weighted by atomic mass is 10.1. The molecule has 0 spiro atoms. The summed E-state index contributed by atoms with van der Waals surface area (Å²) in [6, 6.07) is 13.2. The molecule has 26 heavy (non-hydrogen) atoms. The number of alkyl halides is 3. The van der Waals surface area contributed by atoms with Crippen molar-refractivity contribution >= 4 is 18.4 Å². The van der Waals surface area contributed by atoms with Crippen LogP contribution in [-0.4, -0.2) is 18.4 Å². The van der Waals surface area contributed by atoms with Crippen molar-refractivity contribution in [2.45, 2.75) is 6.18 Å². The second kappa shape index (κ2) is 8.43. The molecule has 132 valence electrons. The fraction of sp³-hybridized carbons (Fsp3) is 0.0588. The molecule has 0 fully saturated rings. The summed E-state index contributed by atoms with van der Waals surface area (Å²) in [6.07, 6.45) is -1.64. The van der Waals surface area contributed by atoms with Gasteiger partial charge in [0.2, 0.25) is 5.96 Å². The van der Waals surface area contributed by atoms with E-state index in [0.29, 0.717) is 11.1 Å². The topological polar surface area (TPSA) is 98.9 Å². The predicted molar refractivity (Wildman–Crippen MR) is 92.5 cm³/mol. The highest BCUT2D eigenvalue weighted by Gasteiger charge is 2.29. The molecule has 0 amide bonds. The Labute approximate surface area is 147 Å². The average Bonchev–Trinajstić information content (AvgIpc) is 2.62. The van der Waals surface area contributed by atoms with E-state index in [2.05, 4.69) is 20.7 Å². The molecule has 2 rings (SSSR count). The predicted octanol–water partition coefficient (Wildman–Crippen LogP) is 2.85. The van der Waals surface area contributed by atoms with Crippen LogP contribution >= 0.6 is 0 Å². The normalized spacial score (nSPS) is 12.5. The average molecular weight is 358 g/mol. The van der Waals surface area contributed by atoms with E-state index in [1.165, 1.54) is 24.6 Å². The van der Waals surface area contributed by atoms with Gasteiger partial charge in [0.05, 0.1) is 29.6 Å². The molecule has 3 N–H and O–H groups in total. The maximum Gasteiger partial charge on any atom is 0.416 e. The molecular formula is C17H13F3N6. The Morgan fingerprint density at radius 1 is 1.00 bits per heavy atom. The molecule has 0 bridgehead atoms. The van der Waals surface area contributed by atoms with Crippen molar-refractivity contribution in [3.63, 3.8) is 0 Å². The van der Waals surface area contributed by atoms with Crippen molar-refractivity contribution in [3.8, 4) is 6.07 Å². The van der Waals surface area contributed by atoms with Gasteiger partial charge in [-0.1, -0.05) is 24.3 Å². The summed E-state index contributed by atoms with van der Waals surface area (Å²) in [5, 5.41) is 19.8. The first-order valence-electron chi connectivity index (χ1n) is 7.21. The molecule has 2 aromatic rings. The Morgan fingerprint density at radius 3 is 2.15 bits per heavy atom. The van der Waals surface area contributed by atoms with Crippen LogP contribution in [0.4, 0.5) is 13.2 Å². The minimum atomic E-state index is -4.38. The van der Waals surface area contributed by atoms with Gasteiger partial charge >= 0.3 is 6.18 Å². The number of hydrogen-bond acceptors (Lipinski definition) is 4. The van der Waals surface area contributed by atoms with Crippen LogP contribution in [0.3, 0.4) is 0 Å². The van der Waals surface area contributed by atoms with Crippen molar-refractivity contribution in [1.29, 1.82) is 5.26 Å². The molecule has 0 atom stereocenters. The zero-order valence-corrected chi connectivity index (χ0v) is 13.3. The Balaban J connectivity index is 1.89. The van der Waals surface area contributed by atoms with Crippen LogP contribution < -0.4 is 11.2 Å². The van der Waals surface area contributed by atoms with Gasteiger partial charge in [0.15, 0.2) is 0 Å². The van der Waals surface area contributed by atoms with E-state index in [-0.39, 0.29) is 5.96 Å². The quantitative estimate of drug-likeness (QED) is 0.499. The second-order valence-electron chi connectivity index (χ2n) is 4.95. The molecule has 9 heteroatoms. The van der Waals surface area contributed by atoms with Gasteiger partial charge in [-0.3, -0.25) is 0 Å². The van der Waals surface area contributed by atoms with E-state index in [9.17, 15) is 13.2 Å². The van der Waals surface area contributed by atoms with Gasteiger partial charge in [-0.15, -0.1) is 5.10 Å². The second-order valence-corrected chi connectivity index (χ2v) is 4.95. The van der Waals surface area contributed by atoms with E-state index < -0.39 is 11.7 Å². The summed E-state index contributed by atoms with van der Waals surface area (Å²) in [4.78, 5) is 0.